The fourth-order valence-electron chi connectivity index (χ4n) is 1.74. The van der Waals surface area contributed by atoms with Crippen LogP contribution in [0, 0.1) is 5.92 Å². The first-order valence-corrected chi connectivity index (χ1v) is 7.14. The summed E-state index contributed by atoms with van der Waals surface area (Å²) in [6.45, 7) is 4.17. The number of rotatable bonds is 8. The van der Waals surface area contributed by atoms with Gasteiger partial charge in [0.25, 0.3) is 0 Å². The van der Waals surface area contributed by atoms with Crippen LogP contribution >= 0.6 is 15.9 Å². The van der Waals surface area contributed by atoms with Crippen molar-refractivity contribution < 1.29 is 9.84 Å². The third-order valence-corrected chi connectivity index (χ3v) is 3.69. The molecule has 0 aromatic heterocycles. The molecular weight excluding hydrogens is 294 g/mol. The third kappa shape index (κ3) is 4.96. The summed E-state index contributed by atoms with van der Waals surface area (Å²) >= 11 is 3.48. The zero-order valence-electron chi connectivity index (χ0n) is 11.1. The Labute approximate surface area is 118 Å². The summed E-state index contributed by atoms with van der Waals surface area (Å²) in [7, 11) is 1.67. The molecule has 1 rings (SSSR count). The lowest BCUT2D eigenvalue weighted by molar-refractivity contribution is 0.219. The lowest BCUT2D eigenvalue weighted by Gasteiger charge is -2.12. The van der Waals surface area contributed by atoms with Crippen LogP contribution in [0.3, 0.4) is 0 Å². The fourth-order valence-corrected chi connectivity index (χ4v) is 2.33. The molecule has 4 heteroatoms. The van der Waals surface area contributed by atoms with E-state index in [1.165, 1.54) is 5.56 Å². The van der Waals surface area contributed by atoms with E-state index in [0.29, 0.717) is 5.92 Å². The number of aliphatic hydroxyl groups excluding tert-OH is 1. The van der Waals surface area contributed by atoms with Gasteiger partial charge in [0.15, 0.2) is 0 Å². The number of benzene rings is 1. The summed E-state index contributed by atoms with van der Waals surface area (Å²) in [4.78, 5) is 0. The first-order valence-electron chi connectivity index (χ1n) is 6.35. The zero-order valence-corrected chi connectivity index (χ0v) is 12.7. The first-order chi connectivity index (χ1) is 8.71. The van der Waals surface area contributed by atoms with E-state index in [1.54, 1.807) is 7.11 Å². The Bertz CT molecular complexity index is 354. The van der Waals surface area contributed by atoms with Crippen molar-refractivity contribution in [3.05, 3.63) is 28.2 Å². The molecular formula is C14H22BrNO2. The molecule has 0 fully saturated rings. The molecule has 3 nitrogen and oxygen atoms in total. The van der Waals surface area contributed by atoms with Crippen molar-refractivity contribution in [3.63, 3.8) is 0 Å². The van der Waals surface area contributed by atoms with Gasteiger partial charge in [-0.3, -0.25) is 0 Å². The average molecular weight is 316 g/mol. The van der Waals surface area contributed by atoms with Gasteiger partial charge in [0.05, 0.1) is 11.6 Å². The molecule has 1 aromatic rings. The highest BCUT2D eigenvalue weighted by molar-refractivity contribution is 9.10. The van der Waals surface area contributed by atoms with Crippen LogP contribution < -0.4 is 10.1 Å². The maximum atomic E-state index is 9.08. The van der Waals surface area contributed by atoms with Crippen LogP contribution in [-0.2, 0) is 6.42 Å². The van der Waals surface area contributed by atoms with E-state index in [4.69, 9.17) is 9.84 Å². The summed E-state index contributed by atoms with van der Waals surface area (Å²) in [5.74, 6) is 1.23. The highest BCUT2D eigenvalue weighted by Gasteiger charge is 2.04. The second-order valence-electron chi connectivity index (χ2n) is 4.38. The van der Waals surface area contributed by atoms with E-state index in [0.717, 1.165) is 36.2 Å². The molecule has 0 aliphatic carbocycles. The summed E-state index contributed by atoms with van der Waals surface area (Å²) in [5, 5.41) is 12.5. The second-order valence-corrected chi connectivity index (χ2v) is 5.23. The van der Waals surface area contributed by atoms with E-state index < -0.39 is 0 Å². The van der Waals surface area contributed by atoms with E-state index in [-0.39, 0.29) is 6.61 Å². The number of aliphatic hydroxyl groups is 1. The van der Waals surface area contributed by atoms with Crippen molar-refractivity contribution in [1.82, 2.24) is 5.32 Å². The van der Waals surface area contributed by atoms with Gasteiger partial charge in [-0.05, 0) is 58.9 Å². The minimum atomic E-state index is 0.261. The first kappa shape index (κ1) is 15.5. The Morgan fingerprint density at radius 3 is 2.78 bits per heavy atom. The minimum absolute atomic E-state index is 0.261. The topological polar surface area (TPSA) is 41.5 Å². The van der Waals surface area contributed by atoms with Gasteiger partial charge in [-0.2, -0.15) is 0 Å². The number of hydrogen-bond acceptors (Lipinski definition) is 3. The number of nitrogens with one attached hydrogen (secondary N) is 1. The van der Waals surface area contributed by atoms with Crippen molar-refractivity contribution in [2.24, 2.45) is 5.92 Å². The Balaban J connectivity index is 2.33. The van der Waals surface area contributed by atoms with E-state index in [1.807, 2.05) is 6.07 Å². The number of methoxy groups -OCH3 is 1. The molecule has 0 radical (unpaired) electrons. The van der Waals surface area contributed by atoms with Gasteiger partial charge in [0, 0.05) is 13.2 Å². The molecule has 0 spiro atoms. The Morgan fingerprint density at radius 1 is 1.44 bits per heavy atom. The third-order valence-electron chi connectivity index (χ3n) is 3.08. The summed E-state index contributed by atoms with van der Waals surface area (Å²) in [5.41, 5.74) is 1.27. The molecule has 18 heavy (non-hydrogen) atoms. The largest absolute Gasteiger partial charge is 0.496 e. The lowest BCUT2D eigenvalue weighted by Crippen LogP contribution is -2.26. The maximum Gasteiger partial charge on any atom is 0.133 e. The summed E-state index contributed by atoms with van der Waals surface area (Å²) < 4.78 is 6.19. The second kappa shape index (κ2) is 8.51. The van der Waals surface area contributed by atoms with Gasteiger partial charge in [0.2, 0.25) is 0 Å². The van der Waals surface area contributed by atoms with Gasteiger partial charge in [-0.1, -0.05) is 13.0 Å². The molecule has 1 unspecified atom stereocenters. The van der Waals surface area contributed by atoms with Crippen LogP contribution in [0.2, 0.25) is 0 Å². The van der Waals surface area contributed by atoms with Crippen LogP contribution in [0.1, 0.15) is 18.9 Å². The average Bonchev–Trinajstić information content (AvgIpc) is 2.39. The molecule has 2 N–H and O–H groups in total. The highest BCUT2D eigenvalue weighted by atomic mass is 79.9. The number of ether oxygens (including phenoxy) is 1. The van der Waals surface area contributed by atoms with Crippen molar-refractivity contribution in [3.8, 4) is 5.75 Å². The van der Waals surface area contributed by atoms with Gasteiger partial charge in [-0.25, -0.2) is 0 Å². The van der Waals surface area contributed by atoms with Crippen molar-refractivity contribution in [2.75, 3.05) is 26.8 Å². The highest BCUT2D eigenvalue weighted by Crippen LogP contribution is 2.25. The monoisotopic (exact) mass is 315 g/mol. The van der Waals surface area contributed by atoms with Gasteiger partial charge >= 0.3 is 0 Å². The van der Waals surface area contributed by atoms with Gasteiger partial charge < -0.3 is 15.2 Å². The predicted molar refractivity (Wildman–Crippen MR) is 78.1 cm³/mol. The minimum Gasteiger partial charge on any atom is -0.496 e. The van der Waals surface area contributed by atoms with Crippen molar-refractivity contribution >= 4 is 15.9 Å². The quantitative estimate of drug-likeness (QED) is 0.725. The SMILES string of the molecule is CCC(CO)CNCCc1ccc(OC)c(Br)c1. The molecule has 0 heterocycles. The molecule has 0 aliphatic heterocycles. The fraction of sp³-hybridized carbons (Fsp3) is 0.571. The van der Waals surface area contributed by atoms with Crippen LogP contribution in [0.15, 0.2) is 22.7 Å². The molecule has 0 saturated heterocycles. The van der Waals surface area contributed by atoms with Crippen LogP contribution in [-0.4, -0.2) is 31.9 Å². The van der Waals surface area contributed by atoms with E-state index in [2.05, 4.69) is 40.3 Å². The predicted octanol–water partition coefficient (Wildman–Crippen LogP) is 2.61. The summed E-state index contributed by atoms with van der Waals surface area (Å²) in [6, 6.07) is 6.14. The molecule has 0 bridgehead atoms. The van der Waals surface area contributed by atoms with Crippen LogP contribution in [0.25, 0.3) is 0 Å². The maximum absolute atomic E-state index is 9.08. The lowest BCUT2D eigenvalue weighted by atomic mass is 10.1. The van der Waals surface area contributed by atoms with Gasteiger partial charge in [-0.15, -0.1) is 0 Å². The Morgan fingerprint density at radius 2 is 2.22 bits per heavy atom. The van der Waals surface area contributed by atoms with E-state index in [9.17, 15) is 0 Å². The van der Waals surface area contributed by atoms with Crippen LogP contribution in [0.4, 0.5) is 0 Å². The Hall–Kier alpha value is -0.580. The van der Waals surface area contributed by atoms with Crippen LogP contribution in [0.5, 0.6) is 5.75 Å². The molecule has 102 valence electrons. The molecule has 0 amide bonds. The smallest absolute Gasteiger partial charge is 0.133 e. The normalized spacial score (nSPS) is 12.4. The van der Waals surface area contributed by atoms with E-state index >= 15 is 0 Å². The van der Waals surface area contributed by atoms with Crippen molar-refractivity contribution in [1.29, 1.82) is 0 Å². The molecule has 1 atom stereocenters. The number of hydrogen-bond donors (Lipinski definition) is 2. The van der Waals surface area contributed by atoms with Crippen molar-refractivity contribution in [2.45, 2.75) is 19.8 Å². The summed E-state index contributed by atoms with van der Waals surface area (Å²) in [6.07, 6.45) is 1.99. The van der Waals surface area contributed by atoms with Gasteiger partial charge in [0.1, 0.15) is 5.75 Å². The zero-order chi connectivity index (χ0) is 13.4. The standard InChI is InChI=1S/C14H22BrNO2/c1-3-11(10-17)9-16-7-6-12-4-5-14(18-2)13(15)8-12/h4-5,8,11,16-17H,3,6-7,9-10H2,1-2H3. The molecule has 0 aliphatic rings. The molecule has 1 aromatic carbocycles. The molecule has 0 saturated carbocycles. The Kier molecular flexibility index (Phi) is 7.32. The number of halogens is 1.